The Bertz CT molecular complexity index is 776. The van der Waals surface area contributed by atoms with Crippen molar-refractivity contribution in [3.8, 4) is 17.2 Å². The van der Waals surface area contributed by atoms with Crippen LogP contribution in [-0.4, -0.2) is 64.2 Å². The lowest BCUT2D eigenvalue weighted by atomic mass is 10.0. The van der Waals surface area contributed by atoms with Crippen LogP contribution >= 0.6 is 0 Å². The highest BCUT2D eigenvalue weighted by atomic mass is 16.5. The van der Waals surface area contributed by atoms with Crippen LogP contribution in [0.3, 0.4) is 0 Å². The first-order chi connectivity index (χ1) is 13.6. The van der Waals surface area contributed by atoms with E-state index in [1.165, 1.54) is 5.69 Å². The van der Waals surface area contributed by atoms with Gasteiger partial charge in [-0.2, -0.15) is 0 Å². The number of rotatable bonds is 7. The van der Waals surface area contributed by atoms with Crippen LogP contribution in [0.25, 0.3) is 0 Å². The van der Waals surface area contributed by atoms with Gasteiger partial charge in [0, 0.05) is 37.4 Å². The van der Waals surface area contributed by atoms with Crippen LogP contribution in [0.15, 0.2) is 42.5 Å². The fourth-order valence-electron chi connectivity index (χ4n) is 3.64. The molecule has 2 aromatic carbocycles. The second kappa shape index (κ2) is 8.97. The van der Waals surface area contributed by atoms with Gasteiger partial charge in [0.1, 0.15) is 0 Å². The van der Waals surface area contributed by atoms with E-state index in [0.717, 1.165) is 26.2 Å². The molecule has 1 heterocycles. The van der Waals surface area contributed by atoms with Gasteiger partial charge in [-0.05, 0) is 31.2 Å². The van der Waals surface area contributed by atoms with Crippen molar-refractivity contribution >= 4 is 11.5 Å². The van der Waals surface area contributed by atoms with Crippen LogP contribution in [0.2, 0.25) is 0 Å². The lowest BCUT2D eigenvalue weighted by Crippen LogP contribution is -2.51. The molecule has 0 amide bonds. The Morgan fingerprint density at radius 1 is 0.893 bits per heavy atom. The van der Waals surface area contributed by atoms with Crippen molar-refractivity contribution in [3.63, 3.8) is 0 Å². The summed E-state index contributed by atoms with van der Waals surface area (Å²) in [6, 6.07) is 13.6. The van der Waals surface area contributed by atoms with Gasteiger partial charge >= 0.3 is 0 Å². The summed E-state index contributed by atoms with van der Waals surface area (Å²) in [6.45, 7) is 5.44. The highest BCUT2D eigenvalue weighted by Gasteiger charge is 2.28. The standard InChI is InChI=1S/C22H28N2O4/c1-16(23-10-12-24(13-11-23)18-8-6-5-7-9-18)21(25)17-14-19(26-2)22(28-4)20(15-17)27-3/h5-9,14-16H,10-13H2,1-4H3. The number of methoxy groups -OCH3 is 3. The number of para-hydroxylation sites is 1. The molecule has 0 saturated carbocycles. The smallest absolute Gasteiger partial charge is 0.203 e. The molecular formula is C22H28N2O4. The van der Waals surface area contributed by atoms with Gasteiger partial charge in [-0.3, -0.25) is 9.69 Å². The predicted octanol–water partition coefficient (Wildman–Crippen LogP) is 3.11. The zero-order chi connectivity index (χ0) is 20.1. The largest absolute Gasteiger partial charge is 0.493 e. The average molecular weight is 384 g/mol. The number of carbonyl (C=O) groups excluding carboxylic acids is 1. The quantitative estimate of drug-likeness (QED) is 0.684. The Hall–Kier alpha value is -2.73. The van der Waals surface area contributed by atoms with E-state index >= 15 is 0 Å². The third-order valence-corrected chi connectivity index (χ3v) is 5.31. The van der Waals surface area contributed by atoms with Crippen molar-refractivity contribution in [2.45, 2.75) is 13.0 Å². The molecule has 1 atom stereocenters. The van der Waals surface area contributed by atoms with Crippen molar-refractivity contribution in [1.29, 1.82) is 0 Å². The number of hydrogen-bond donors (Lipinski definition) is 0. The summed E-state index contributed by atoms with van der Waals surface area (Å²) < 4.78 is 16.1. The predicted molar refractivity (Wildman–Crippen MR) is 110 cm³/mol. The fourth-order valence-corrected chi connectivity index (χ4v) is 3.64. The molecule has 1 aliphatic heterocycles. The summed E-state index contributed by atoms with van der Waals surface area (Å²) >= 11 is 0. The molecule has 0 aliphatic carbocycles. The summed E-state index contributed by atoms with van der Waals surface area (Å²) in [5.74, 6) is 1.52. The maximum absolute atomic E-state index is 13.1. The van der Waals surface area contributed by atoms with Gasteiger partial charge in [0.2, 0.25) is 5.75 Å². The fraction of sp³-hybridized carbons (Fsp3) is 0.409. The molecule has 3 rings (SSSR count). The maximum atomic E-state index is 13.1. The summed E-state index contributed by atoms with van der Waals surface area (Å²) in [5, 5.41) is 0. The van der Waals surface area contributed by atoms with Crippen molar-refractivity contribution in [2.24, 2.45) is 0 Å². The van der Waals surface area contributed by atoms with E-state index in [4.69, 9.17) is 14.2 Å². The first-order valence-electron chi connectivity index (χ1n) is 9.47. The molecule has 1 fully saturated rings. The van der Waals surface area contributed by atoms with E-state index in [2.05, 4.69) is 34.1 Å². The SMILES string of the molecule is COc1cc(C(=O)C(C)N2CCN(c3ccccc3)CC2)cc(OC)c1OC. The highest BCUT2D eigenvalue weighted by Crippen LogP contribution is 2.38. The van der Waals surface area contributed by atoms with Crippen LogP contribution in [0.1, 0.15) is 17.3 Å². The van der Waals surface area contributed by atoms with Gasteiger partial charge in [0.05, 0.1) is 27.4 Å². The van der Waals surface area contributed by atoms with Gasteiger partial charge in [0.15, 0.2) is 17.3 Å². The molecule has 0 bridgehead atoms. The van der Waals surface area contributed by atoms with Gasteiger partial charge in [-0.15, -0.1) is 0 Å². The number of ketones is 1. The Balaban J connectivity index is 1.71. The molecule has 2 aromatic rings. The number of nitrogens with zero attached hydrogens (tertiary/aromatic N) is 2. The number of anilines is 1. The molecule has 0 aromatic heterocycles. The number of ether oxygens (including phenoxy) is 3. The van der Waals surface area contributed by atoms with Crippen molar-refractivity contribution in [1.82, 2.24) is 4.90 Å². The molecule has 1 saturated heterocycles. The zero-order valence-electron chi connectivity index (χ0n) is 17.0. The van der Waals surface area contributed by atoms with Gasteiger partial charge in [0.25, 0.3) is 0 Å². The highest BCUT2D eigenvalue weighted by molar-refractivity contribution is 6.01. The molecule has 0 radical (unpaired) electrons. The van der Waals surface area contributed by atoms with E-state index in [-0.39, 0.29) is 11.8 Å². The van der Waals surface area contributed by atoms with Crippen LogP contribution < -0.4 is 19.1 Å². The monoisotopic (exact) mass is 384 g/mol. The van der Waals surface area contributed by atoms with Crippen molar-refractivity contribution in [2.75, 3.05) is 52.4 Å². The van der Waals surface area contributed by atoms with Crippen LogP contribution in [-0.2, 0) is 0 Å². The lowest BCUT2D eigenvalue weighted by molar-refractivity contribution is 0.0829. The number of piperazine rings is 1. The maximum Gasteiger partial charge on any atom is 0.203 e. The van der Waals surface area contributed by atoms with Crippen LogP contribution in [0, 0.1) is 0 Å². The normalized spacial score (nSPS) is 15.8. The second-order valence-electron chi connectivity index (χ2n) is 6.81. The van der Waals surface area contributed by atoms with Crippen LogP contribution in [0.4, 0.5) is 5.69 Å². The molecule has 150 valence electrons. The van der Waals surface area contributed by atoms with Gasteiger partial charge < -0.3 is 19.1 Å². The second-order valence-corrected chi connectivity index (χ2v) is 6.81. The van der Waals surface area contributed by atoms with E-state index in [1.54, 1.807) is 33.5 Å². The van der Waals surface area contributed by atoms with E-state index in [9.17, 15) is 4.79 Å². The van der Waals surface area contributed by atoms with Gasteiger partial charge in [-0.25, -0.2) is 0 Å². The molecule has 6 nitrogen and oxygen atoms in total. The Morgan fingerprint density at radius 3 is 1.96 bits per heavy atom. The van der Waals surface area contributed by atoms with Gasteiger partial charge in [-0.1, -0.05) is 18.2 Å². The van der Waals surface area contributed by atoms with Crippen molar-refractivity contribution in [3.05, 3.63) is 48.0 Å². The first kappa shape index (κ1) is 20.0. The molecule has 0 N–H and O–H groups in total. The third kappa shape index (κ3) is 4.07. The number of benzene rings is 2. The average Bonchev–Trinajstić information content (AvgIpc) is 2.77. The number of carbonyl (C=O) groups is 1. The minimum atomic E-state index is -0.222. The molecular weight excluding hydrogens is 356 g/mol. The minimum Gasteiger partial charge on any atom is -0.493 e. The zero-order valence-corrected chi connectivity index (χ0v) is 17.0. The van der Waals surface area contributed by atoms with E-state index < -0.39 is 0 Å². The lowest BCUT2D eigenvalue weighted by Gasteiger charge is -2.38. The molecule has 1 aliphatic rings. The van der Waals surface area contributed by atoms with Crippen molar-refractivity contribution < 1.29 is 19.0 Å². The first-order valence-corrected chi connectivity index (χ1v) is 9.47. The Labute approximate surface area is 166 Å². The Morgan fingerprint density at radius 2 is 1.46 bits per heavy atom. The molecule has 1 unspecified atom stereocenters. The minimum absolute atomic E-state index is 0.0485. The van der Waals surface area contributed by atoms with Crippen LogP contribution in [0.5, 0.6) is 17.2 Å². The summed E-state index contributed by atoms with van der Waals surface area (Å²) in [4.78, 5) is 17.7. The number of Topliss-reactive ketones (excluding diaryl/α,β-unsaturated/α-hetero) is 1. The molecule has 0 spiro atoms. The summed E-state index contributed by atoms with van der Waals surface area (Å²) in [7, 11) is 4.66. The third-order valence-electron chi connectivity index (χ3n) is 5.31. The Kier molecular flexibility index (Phi) is 6.41. The van der Waals surface area contributed by atoms with E-state index in [0.29, 0.717) is 22.8 Å². The summed E-state index contributed by atoms with van der Waals surface area (Å²) in [6.07, 6.45) is 0. The molecule has 6 heteroatoms. The molecule has 28 heavy (non-hydrogen) atoms. The van der Waals surface area contributed by atoms with E-state index in [1.807, 2.05) is 13.0 Å². The summed E-state index contributed by atoms with van der Waals surface area (Å²) in [5.41, 5.74) is 1.79. The number of hydrogen-bond acceptors (Lipinski definition) is 6. The topological polar surface area (TPSA) is 51.2 Å².